The number of hydrogen-bond donors (Lipinski definition) is 1. The van der Waals surface area contributed by atoms with Crippen molar-refractivity contribution in [2.75, 3.05) is 13.7 Å². The van der Waals surface area contributed by atoms with Crippen molar-refractivity contribution >= 4 is 11.6 Å². The normalized spacial score (nSPS) is 12.0. The molecule has 1 atom stereocenters. The Morgan fingerprint density at radius 2 is 2.00 bits per heavy atom. The summed E-state index contributed by atoms with van der Waals surface area (Å²) in [6, 6.07) is 14.1. The summed E-state index contributed by atoms with van der Waals surface area (Å²) in [6.45, 7) is 3.09. The monoisotopic (exact) mass is 385 g/mol. The van der Waals surface area contributed by atoms with Gasteiger partial charge in [-0.3, -0.25) is 5.32 Å². The Balaban J connectivity index is 1.87. The summed E-state index contributed by atoms with van der Waals surface area (Å²) < 4.78 is 13.1. The van der Waals surface area contributed by atoms with E-state index >= 15 is 0 Å². The smallest absolute Gasteiger partial charge is 0.179 e. The molecule has 3 rings (SSSR count). The van der Waals surface area contributed by atoms with Crippen molar-refractivity contribution in [1.29, 1.82) is 0 Å². The summed E-state index contributed by atoms with van der Waals surface area (Å²) >= 11 is 6.38. The van der Waals surface area contributed by atoms with Gasteiger partial charge in [0.05, 0.1) is 24.8 Å². The van der Waals surface area contributed by atoms with E-state index in [-0.39, 0.29) is 6.04 Å². The lowest BCUT2D eigenvalue weighted by Crippen LogP contribution is -2.24. The van der Waals surface area contributed by atoms with Gasteiger partial charge in [0, 0.05) is 26.0 Å². The molecule has 0 saturated heterocycles. The van der Waals surface area contributed by atoms with Crippen LogP contribution in [0, 0.1) is 0 Å². The molecule has 0 aliphatic carbocycles. The number of benzene rings is 2. The van der Waals surface area contributed by atoms with Crippen molar-refractivity contribution in [3.8, 4) is 11.5 Å². The molecule has 2 aromatic carbocycles. The summed E-state index contributed by atoms with van der Waals surface area (Å²) in [7, 11) is 3.59. The molecule has 27 heavy (non-hydrogen) atoms. The number of halogens is 1. The lowest BCUT2D eigenvalue weighted by atomic mass is 10.1. The molecule has 3 aromatic rings. The highest BCUT2D eigenvalue weighted by Gasteiger charge is 2.18. The summed E-state index contributed by atoms with van der Waals surface area (Å²) in [5.74, 6) is 2.16. The highest BCUT2D eigenvalue weighted by atomic mass is 35.5. The van der Waals surface area contributed by atoms with Crippen LogP contribution in [0.4, 0.5) is 0 Å². The van der Waals surface area contributed by atoms with E-state index in [2.05, 4.69) is 22.4 Å². The quantitative estimate of drug-likeness (QED) is 0.625. The van der Waals surface area contributed by atoms with E-state index in [0.29, 0.717) is 29.7 Å². The zero-order valence-corrected chi connectivity index (χ0v) is 16.5. The van der Waals surface area contributed by atoms with E-state index in [1.807, 2.05) is 61.3 Å². The molecular formula is C21H24ClN3O2. The minimum absolute atomic E-state index is 0.0392. The Labute approximate surface area is 164 Å². The highest BCUT2D eigenvalue weighted by molar-refractivity contribution is 6.32. The van der Waals surface area contributed by atoms with Crippen LogP contribution in [0.25, 0.3) is 0 Å². The van der Waals surface area contributed by atoms with Crippen molar-refractivity contribution in [3.05, 3.63) is 76.8 Å². The first-order valence-electron chi connectivity index (χ1n) is 8.88. The molecule has 0 bridgehead atoms. The molecule has 0 spiro atoms. The number of aromatic nitrogens is 2. The van der Waals surface area contributed by atoms with Gasteiger partial charge in [-0.25, -0.2) is 4.98 Å². The van der Waals surface area contributed by atoms with Gasteiger partial charge in [0.2, 0.25) is 0 Å². The van der Waals surface area contributed by atoms with Crippen molar-refractivity contribution < 1.29 is 9.47 Å². The minimum atomic E-state index is -0.0392. The fourth-order valence-corrected chi connectivity index (χ4v) is 3.37. The number of methoxy groups -OCH3 is 1. The second-order valence-corrected chi connectivity index (χ2v) is 6.57. The predicted molar refractivity (Wildman–Crippen MR) is 108 cm³/mol. The standard InChI is InChI=1S/C21H24ClN3O2/c1-4-27-18-13-15(12-17(22)20(18)26-3)14-24-19(16-8-6-5-7-9-16)21-23-10-11-25(21)2/h5-13,19,24H,4,14H2,1-3H3/t19-/m0/s1. The van der Waals surface area contributed by atoms with Crippen molar-refractivity contribution in [1.82, 2.24) is 14.9 Å². The molecule has 1 heterocycles. The predicted octanol–water partition coefficient (Wildman–Crippen LogP) is 4.36. The molecule has 0 amide bonds. The first-order valence-corrected chi connectivity index (χ1v) is 9.26. The van der Waals surface area contributed by atoms with Crippen molar-refractivity contribution in [2.24, 2.45) is 7.05 Å². The zero-order valence-electron chi connectivity index (χ0n) is 15.8. The second kappa shape index (κ2) is 8.93. The molecule has 1 aromatic heterocycles. The molecule has 142 valence electrons. The lowest BCUT2D eigenvalue weighted by Gasteiger charge is -2.20. The summed E-state index contributed by atoms with van der Waals surface area (Å²) in [6.07, 6.45) is 3.76. The van der Waals surface area contributed by atoms with Gasteiger partial charge in [-0.05, 0) is 30.2 Å². The maximum Gasteiger partial charge on any atom is 0.179 e. The van der Waals surface area contributed by atoms with Crippen LogP contribution in [-0.4, -0.2) is 23.3 Å². The largest absolute Gasteiger partial charge is 0.491 e. The zero-order chi connectivity index (χ0) is 19.2. The van der Waals surface area contributed by atoms with Crippen molar-refractivity contribution in [3.63, 3.8) is 0 Å². The third kappa shape index (κ3) is 4.43. The average Bonchev–Trinajstić information content (AvgIpc) is 3.09. The topological polar surface area (TPSA) is 48.3 Å². The Kier molecular flexibility index (Phi) is 6.37. The van der Waals surface area contributed by atoms with E-state index in [0.717, 1.165) is 17.0 Å². The Hall–Kier alpha value is -2.50. The third-order valence-corrected chi connectivity index (χ3v) is 4.61. The van der Waals surface area contributed by atoms with E-state index < -0.39 is 0 Å². The third-order valence-electron chi connectivity index (χ3n) is 4.33. The SMILES string of the molecule is CCOc1cc(CN[C@@H](c2ccccc2)c2nccn2C)cc(Cl)c1OC. The molecule has 0 radical (unpaired) electrons. The van der Waals surface area contributed by atoms with Gasteiger partial charge in [0.1, 0.15) is 5.82 Å². The van der Waals surface area contributed by atoms with Crippen LogP contribution < -0.4 is 14.8 Å². The minimum Gasteiger partial charge on any atom is -0.491 e. The van der Waals surface area contributed by atoms with Gasteiger partial charge < -0.3 is 14.0 Å². The molecule has 0 aliphatic heterocycles. The van der Waals surface area contributed by atoms with Gasteiger partial charge in [-0.2, -0.15) is 0 Å². The summed E-state index contributed by atoms with van der Waals surface area (Å²) in [5, 5.41) is 4.13. The molecule has 0 unspecified atom stereocenters. The maximum absolute atomic E-state index is 6.38. The number of hydrogen-bond acceptors (Lipinski definition) is 4. The maximum atomic E-state index is 6.38. The van der Waals surface area contributed by atoms with Crippen LogP contribution in [0.1, 0.15) is 29.9 Å². The summed E-state index contributed by atoms with van der Waals surface area (Å²) in [4.78, 5) is 4.53. The lowest BCUT2D eigenvalue weighted by molar-refractivity contribution is 0.310. The fourth-order valence-electron chi connectivity index (χ4n) is 3.06. The molecule has 0 aliphatic rings. The van der Waals surface area contributed by atoms with Crippen LogP contribution in [0.5, 0.6) is 11.5 Å². The molecule has 5 nitrogen and oxygen atoms in total. The molecule has 6 heteroatoms. The van der Waals surface area contributed by atoms with Crippen molar-refractivity contribution in [2.45, 2.75) is 19.5 Å². The summed E-state index contributed by atoms with van der Waals surface area (Å²) in [5.41, 5.74) is 2.16. The van der Waals surface area contributed by atoms with E-state index in [9.17, 15) is 0 Å². The number of nitrogens with one attached hydrogen (secondary N) is 1. The first-order chi connectivity index (χ1) is 13.1. The highest BCUT2D eigenvalue weighted by Crippen LogP contribution is 2.36. The van der Waals surface area contributed by atoms with Gasteiger partial charge >= 0.3 is 0 Å². The van der Waals surface area contributed by atoms with Crippen LogP contribution in [-0.2, 0) is 13.6 Å². The number of imidazole rings is 1. The molecule has 0 saturated carbocycles. The van der Waals surface area contributed by atoms with Crippen LogP contribution in [0.2, 0.25) is 5.02 Å². The Morgan fingerprint density at radius 3 is 2.63 bits per heavy atom. The van der Waals surface area contributed by atoms with E-state index in [1.54, 1.807) is 7.11 Å². The Morgan fingerprint density at radius 1 is 1.22 bits per heavy atom. The molecular weight excluding hydrogens is 362 g/mol. The van der Waals surface area contributed by atoms with Crippen LogP contribution in [0.3, 0.4) is 0 Å². The van der Waals surface area contributed by atoms with Gasteiger partial charge in [-0.1, -0.05) is 41.9 Å². The number of ether oxygens (including phenoxy) is 2. The average molecular weight is 386 g/mol. The van der Waals surface area contributed by atoms with Gasteiger partial charge in [-0.15, -0.1) is 0 Å². The van der Waals surface area contributed by atoms with Crippen LogP contribution >= 0.6 is 11.6 Å². The number of aryl methyl sites for hydroxylation is 1. The number of rotatable bonds is 8. The second-order valence-electron chi connectivity index (χ2n) is 6.16. The molecule has 0 fully saturated rings. The first kappa shape index (κ1) is 19.3. The van der Waals surface area contributed by atoms with E-state index in [1.165, 1.54) is 0 Å². The van der Waals surface area contributed by atoms with Crippen LogP contribution in [0.15, 0.2) is 54.9 Å². The van der Waals surface area contributed by atoms with E-state index in [4.69, 9.17) is 21.1 Å². The Bertz CT molecular complexity index is 880. The van der Waals surface area contributed by atoms with Gasteiger partial charge in [0.15, 0.2) is 11.5 Å². The fraction of sp³-hybridized carbons (Fsp3) is 0.286. The van der Waals surface area contributed by atoms with Gasteiger partial charge in [0.25, 0.3) is 0 Å². The molecule has 1 N–H and O–H groups in total. The number of nitrogens with zero attached hydrogens (tertiary/aromatic N) is 2.